The highest BCUT2D eigenvalue weighted by atomic mass is 16.4. The Hall–Kier alpha value is -2.44. The Morgan fingerprint density at radius 1 is 1.38 bits per heavy atom. The van der Waals surface area contributed by atoms with Crippen molar-refractivity contribution in [3.05, 3.63) is 23.8 Å². The molecule has 0 aliphatic rings. The van der Waals surface area contributed by atoms with E-state index in [-0.39, 0.29) is 24.9 Å². The van der Waals surface area contributed by atoms with Gasteiger partial charge in [-0.25, -0.2) is 4.68 Å². The second kappa shape index (κ2) is 5.90. The number of hydrogen-bond donors (Lipinski definition) is 1. The molecule has 0 saturated carbocycles. The predicted molar refractivity (Wildman–Crippen MR) is 76.9 cm³/mol. The van der Waals surface area contributed by atoms with E-state index in [0.29, 0.717) is 11.1 Å². The molecule has 0 radical (unpaired) electrons. The van der Waals surface area contributed by atoms with Gasteiger partial charge in [0.25, 0.3) is 5.91 Å². The monoisotopic (exact) mass is 290 g/mol. The first-order valence-corrected chi connectivity index (χ1v) is 6.72. The zero-order chi connectivity index (χ0) is 15.6. The van der Waals surface area contributed by atoms with Crippen LogP contribution in [0.1, 0.15) is 30.6 Å². The summed E-state index contributed by atoms with van der Waals surface area (Å²) in [7, 11) is 1.78. The smallest absolute Gasteiger partial charge is 0.305 e. The van der Waals surface area contributed by atoms with E-state index in [1.165, 1.54) is 0 Å². The van der Waals surface area contributed by atoms with Crippen LogP contribution in [-0.4, -0.2) is 49.5 Å². The van der Waals surface area contributed by atoms with Gasteiger partial charge in [0.1, 0.15) is 5.52 Å². The second-order valence-electron chi connectivity index (χ2n) is 5.15. The third-order valence-electron chi connectivity index (χ3n) is 3.31. The summed E-state index contributed by atoms with van der Waals surface area (Å²) in [5, 5.41) is 16.7. The van der Waals surface area contributed by atoms with E-state index in [1.54, 1.807) is 34.8 Å². The van der Waals surface area contributed by atoms with Crippen LogP contribution >= 0.6 is 0 Å². The maximum Gasteiger partial charge on any atom is 0.305 e. The topological polar surface area (TPSA) is 88.3 Å². The number of carboxylic acid groups (broad SMARTS) is 1. The molecule has 112 valence electrons. The Labute approximate surface area is 122 Å². The molecular formula is C14H18N4O3. The minimum Gasteiger partial charge on any atom is -0.481 e. The summed E-state index contributed by atoms with van der Waals surface area (Å²) in [6, 6.07) is 5.11. The van der Waals surface area contributed by atoms with Crippen LogP contribution in [0.25, 0.3) is 11.0 Å². The maximum atomic E-state index is 12.5. The first kappa shape index (κ1) is 15.0. The van der Waals surface area contributed by atoms with E-state index in [2.05, 4.69) is 10.3 Å². The molecule has 0 spiro atoms. The van der Waals surface area contributed by atoms with Gasteiger partial charge in [0.2, 0.25) is 0 Å². The van der Waals surface area contributed by atoms with Crippen LogP contribution in [-0.2, 0) is 11.8 Å². The van der Waals surface area contributed by atoms with Crippen LogP contribution in [0.2, 0.25) is 0 Å². The predicted octanol–water partition coefficient (Wildman–Crippen LogP) is 1.29. The quantitative estimate of drug-likeness (QED) is 0.896. The lowest BCUT2D eigenvalue weighted by Gasteiger charge is -2.26. The summed E-state index contributed by atoms with van der Waals surface area (Å²) in [6.45, 7) is 3.91. The fourth-order valence-electron chi connectivity index (χ4n) is 2.15. The highest BCUT2D eigenvalue weighted by molar-refractivity contribution is 5.97. The molecule has 0 aliphatic heterocycles. The van der Waals surface area contributed by atoms with Crippen LogP contribution in [0.5, 0.6) is 0 Å². The molecule has 2 aromatic rings. The molecule has 1 amide bonds. The van der Waals surface area contributed by atoms with Crippen molar-refractivity contribution in [3.63, 3.8) is 0 Å². The zero-order valence-corrected chi connectivity index (χ0v) is 12.3. The van der Waals surface area contributed by atoms with Crippen molar-refractivity contribution in [1.82, 2.24) is 19.9 Å². The highest BCUT2D eigenvalue weighted by Crippen LogP contribution is 2.15. The van der Waals surface area contributed by atoms with Gasteiger partial charge in [-0.05, 0) is 32.0 Å². The lowest BCUT2D eigenvalue weighted by atomic mass is 10.1. The number of amides is 1. The molecule has 1 aromatic carbocycles. The number of rotatable bonds is 5. The number of aliphatic carboxylic acids is 1. The lowest BCUT2D eigenvalue weighted by molar-refractivity contribution is -0.137. The number of carboxylic acids is 1. The maximum absolute atomic E-state index is 12.5. The van der Waals surface area contributed by atoms with Gasteiger partial charge in [-0.1, -0.05) is 5.21 Å². The minimum absolute atomic E-state index is 0.0721. The highest BCUT2D eigenvalue weighted by Gasteiger charge is 2.20. The van der Waals surface area contributed by atoms with Crippen LogP contribution in [0, 0.1) is 0 Å². The molecule has 1 heterocycles. The normalized spacial score (nSPS) is 11.0. The van der Waals surface area contributed by atoms with Crippen molar-refractivity contribution in [3.8, 4) is 0 Å². The van der Waals surface area contributed by atoms with Gasteiger partial charge in [-0.3, -0.25) is 9.59 Å². The fraction of sp³-hybridized carbons (Fsp3) is 0.429. The second-order valence-corrected chi connectivity index (χ2v) is 5.15. The average molecular weight is 290 g/mol. The molecule has 7 nitrogen and oxygen atoms in total. The molecular weight excluding hydrogens is 272 g/mol. The molecule has 0 fully saturated rings. The third kappa shape index (κ3) is 3.18. The Kier molecular flexibility index (Phi) is 4.21. The van der Waals surface area contributed by atoms with Crippen LogP contribution in [0.3, 0.4) is 0 Å². The number of carbonyl (C=O) groups excluding carboxylic acids is 1. The first-order valence-electron chi connectivity index (χ1n) is 6.72. The van der Waals surface area contributed by atoms with Gasteiger partial charge in [0.05, 0.1) is 11.9 Å². The van der Waals surface area contributed by atoms with Crippen molar-refractivity contribution in [2.24, 2.45) is 7.05 Å². The standard InChI is InChI=1S/C14H18N4O3/c1-9(2)18(7-6-13(19)20)14(21)10-4-5-12-11(8-10)15-16-17(12)3/h4-5,8-9H,6-7H2,1-3H3,(H,19,20). The number of benzene rings is 1. The molecule has 0 bridgehead atoms. The van der Waals surface area contributed by atoms with Crippen molar-refractivity contribution in [1.29, 1.82) is 0 Å². The molecule has 21 heavy (non-hydrogen) atoms. The Balaban J connectivity index is 2.27. The van der Waals surface area contributed by atoms with Gasteiger partial charge >= 0.3 is 5.97 Å². The summed E-state index contributed by atoms with van der Waals surface area (Å²) < 4.78 is 1.63. The molecule has 0 saturated heterocycles. The van der Waals surface area contributed by atoms with Crippen molar-refractivity contribution in [2.45, 2.75) is 26.3 Å². The molecule has 1 N–H and O–H groups in total. The van der Waals surface area contributed by atoms with E-state index >= 15 is 0 Å². The van der Waals surface area contributed by atoms with E-state index in [4.69, 9.17) is 5.11 Å². The summed E-state index contributed by atoms with van der Waals surface area (Å²) in [5.74, 6) is -1.11. The number of nitrogens with zero attached hydrogens (tertiary/aromatic N) is 4. The van der Waals surface area contributed by atoms with Crippen molar-refractivity contribution < 1.29 is 14.7 Å². The van der Waals surface area contributed by atoms with E-state index in [0.717, 1.165) is 5.52 Å². The number of hydrogen-bond acceptors (Lipinski definition) is 4. The van der Waals surface area contributed by atoms with Gasteiger partial charge in [-0.2, -0.15) is 0 Å². The van der Waals surface area contributed by atoms with Gasteiger partial charge in [0.15, 0.2) is 0 Å². The molecule has 0 atom stereocenters. The summed E-state index contributed by atoms with van der Waals surface area (Å²) >= 11 is 0. The summed E-state index contributed by atoms with van der Waals surface area (Å²) in [5.41, 5.74) is 1.97. The summed E-state index contributed by atoms with van der Waals surface area (Å²) in [4.78, 5) is 24.8. The number of aromatic nitrogens is 3. The Morgan fingerprint density at radius 2 is 2.10 bits per heavy atom. The van der Waals surface area contributed by atoms with Gasteiger partial charge < -0.3 is 10.0 Å². The number of carbonyl (C=O) groups is 2. The lowest BCUT2D eigenvalue weighted by Crippen LogP contribution is -2.38. The van der Waals surface area contributed by atoms with E-state index < -0.39 is 5.97 Å². The molecule has 2 rings (SSSR count). The van der Waals surface area contributed by atoms with Crippen LogP contribution < -0.4 is 0 Å². The van der Waals surface area contributed by atoms with Gasteiger partial charge in [-0.15, -0.1) is 5.10 Å². The summed E-state index contributed by atoms with van der Waals surface area (Å²) in [6.07, 6.45) is -0.0721. The average Bonchev–Trinajstić information content (AvgIpc) is 2.79. The number of aryl methyl sites for hydroxylation is 1. The molecule has 0 aliphatic carbocycles. The Morgan fingerprint density at radius 3 is 2.71 bits per heavy atom. The van der Waals surface area contributed by atoms with Crippen LogP contribution in [0.15, 0.2) is 18.2 Å². The van der Waals surface area contributed by atoms with Crippen molar-refractivity contribution >= 4 is 22.9 Å². The Bertz CT molecular complexity index is 678. The van der Waals surface area contributed by atoms with Crippen LogP contribution in [0.4, 0.5) is 0 Å². The zero-order valence-electron chi connectivity index (χ0n) is 12.3. The first-order chi connectivity index (χ1) is 9.90. The van der Waals surface area contributed by atoms with Crippen molar-refractivity contribution in [2.75, 3.05) is 6.54 Å². The fourth-order valence-corrected chi connectivity index (χ4v) is 2.15. The van der Waals surface area contributed by atoms with Gasteiger partial charge in [0, 0.05) is 25.2 Å². The SMILES string of the molecule is CC(C)N(CCC(=O)O)C(=O)c1ccc2c(c1)nnn2C. The third-order valence-corrected chi connectivity index (χ3v) is 3.31. The largest absolute Gasteiger partial charge is 0.481 e. The van der Waals surface area contributed by atoms with E-state index in [1.807, 2.05) is 13.8 Å². The number of fused-ring (bicyclic) bond motifs is 1. The molecule has 0 unspecified atom stereocenters. The van der Waals surface area contributed by atoms with E-state index in [9.17, 15) is 9.59 Å². The molecule has 1 aromatic heterocycles. The minimum atomic E-state index is -0.919. The molecule has 7 heteroatoms.